The predicted molar refractivity (Wildman–Crippen MR) is 158 cm³/mol. The van der Waals surface area contributed by atoms with Crippen LogP contribution in [0.25, 0.3) is 22.2 Å². The molecule has 42 heavy (non-hydrogen) atoms. The number of nitrogens with one attached hydrogen (secondary N) is 2. The van der Waals surface area contributed by atoms with Gasteiger partial charge in [0.2, 0.25) is 5.91 Å². The highest BCUT2D eigenvalue weighted by molar-refractivity contribution is 5.95. The Morgan fingerprint density at radius 3 is 2.60 bits per heavy atom. The van der Waals surface area contributed by atoms with Gasteiger partial charge in [0.1, 0.15) is 29.2 Å². The van der Waals surface area contributed by atoms with Crippen LogP contribution in [-0.4, -0.2) is 72.3 Å². The molecular weight excluding hydrogens is 536 g/mol. The average Bonchev–Trinajstić information content (AvgIpc) is 3.56. The quantitative estimate of drug-likeness (QED) is 0.278. The highest BCUT2D eigenvalue weighted by Gasteiger charge is 2.62. The number of likely N-dealkylation sites (tertiary alicyclic amines) is 1. The normalized spacial score (nSPS) is 22.7. The number of nitrogens with zero attached hydrogens (tertiary/aromatic N) is 2. The first-order valence-corrected chi connectivity index (χ1v) is 14.2. The lowest BCUT2D eigenvalue weighted by Crippen LogP contribution is -2.54. The van der Waals surface area contributed by atoms with Crippen molar-refractivity contribution < 1.29 is 28.6 Å². The second-order valence-electron chi connectivity index (χ2n) is 10.5. The number of hydrogen-bond acceptors (Lipinski definition) is 7. The third-order valence-electron chi connectivity index (χ3n) is 7.78. The summed E-state index contributed by atoms with van der Waals surface area (Å²) in [5.41, 5.74) is 1.18. The van der Waals surface area contributed by atoms with Gasteiger partial charge in [-0.05, 0) is 32.4 Å². The number of carbonyl (C=O) groups is 3. The van der Waals surface area contributed by atoms with Crippen LogP contribution in [0.15, 0.2) is 67.3 Å². The SMILES string of the molecule is C=CC1CC1(NC(=O)C1CC(Oc2cc(-c3ccccc3)nc3cc(OC)ccc23)CN1C(=O)NCC)C(=O)OCC. The van der Waals surface area contributed by atoms with Crippen LogP contribution >= 0.6 is 0 Å². The van der Waals surface area contributed by atoms with Crippen LogP contribution in [0.2, 0.25) is 0 Å². The third kappa shape index (κ3) is 5.61. The van der Waals surface area contributed by atoms with Crippen LogP contribution in [0.3, 0.4) is 0 Å². The van der Waals surface area contributed by atoms with E-state index in [1.165, 1.54) is 4.90 Å². The van der Waals surface area contributed by atoms with Gasteiger partial charge in [-0.3, -0.25) is 4.79 Å². The minimum atomic E-state index is -1.16. The number of carbonyl (C=O) groups excluding carboxylic acids is 3. The van der Waals surface area contributed by atoms with Crippen molar-refractivity contribution in [1.29, 1.82) is 0 Å². The number of urea groups is 1. The summed E-state index contributed by atoms with van der Waals surface area (Å²) < 4.78 is 17.2. The fraction of sp³-hybridized carbons (Fsp3) is 0.375. The first kappa shape index (κ1) is 28.9. The molecule has 3 amide bonds. The predicted octanol–water partition coefficient (Wildman–Crippen LogP) is 4.09. The molecule has 220 valence electrons. The fourth-order valence-electron chi connectivity index (χ4n) is 5.51. The first-order chi connectivity index (χ1) is 20.3. The van der Waals surface area contributed by atoms with E-state index in [1.54, 1.807) is 20.1 Å². The molecule has 1 saturated heterocycles. The number of hydrogen-bond donors (Lipinski definition) is 2. The summed E-state index contributed by atoms with van der Waals surface area (Å²) in [5, 5.41) is 6.46. The maximum Gasteiger partial charge on any atom is 0.332 e. The van der Waals surface area contributed by atoms with E-state index in [9.17, 15) is 14.4 Å². The molecule has 2 heterocycles. The Labute approximate surface area is 245 Å². The Kier molecular flexibility index (Phi) is 8.33. The first-order valence-electron chi connectivity index (χ1n) is 14.2. The number of aromatic nitrogens is 1. The molecule has 1 aromatic heterocycles. The molecule has 2 N–H and O–H groups in total. The summed E-state index contributed by atoms with van der Waals surface area (Å²) in [6.07, 6.45) is 1.80. The van der Waals surface area contributed by atoms with E-state index in [0.29, 0.717) is 30.0 Å². The van der Waals surface area contributed by atoms with Gasteiger partial charge in [0, 0.05) is 42.0 Å². The number of amides is 3. The van der Waals surface area contributed by atoms with Crippen LogP contribution < -0.4 is 20.1 Å². The molecule has 1 aliphatic heterocycles. The zero-order valence-corrected chi connectivity index (χ0v) is 24.1. The van der Waals surface area contributed by atoms with E-state index < -0.39 is 29.6 Å². The molecular formula is C32H36N4O6. The van der Waals surface area contributed by atoms with Gasteiger partial charge in [-0.2, -0.15) is 0 Å². The van der Waals surface area contributed by atoms with Crippen molar-refractivity contribution in [3.8, 4) is 22.8 Å². The van der Waals surface area contributed by atoms with Gasteiger partial charge < -0.3 is 29.7 Å². The summed E-state index contributed by atoms with van der Waals surface area (Å²) in [6, 6.07) is 16.0. The van der Waals surface area contributed by atoms with Gasteiger partial charge >= 0.3 is 12.0 Å². The Morgan fingerprint density at radius 1 is 1.14 bits per heavy atom. The Bertz CT molecular complexity index is 1500. The molecule has 2 aliphatic rings. The monoisotopic (exact) mass is 572 g/mol. The summed E-state index contributed by atoms with van der Waals surface area (Å²) >= 11 is 0. The molecule has 0 radical (unpaired) electrons. The summed E-state index contributed by atoms with van der Waals surface area (Å²) in [4.78, 5) is 45.8. The average molecular weight is 573 g/mol. The lowest BCUT2D eigenvalue weighted by atomic mass is 10.1. The van der Waals surface area contributed by atoms with Crippen molar-refractivity contribution in [3.05, 3.63) is 67.3 Å². The van der Waals surface area contributed by atoms with E-state index in [0.717, 1.165) is 16.6 Å². The molecule has 1 saturated carbocycles. The number of esters is 1. The number of methoxy groups -OCH3 is 1. The zero-order chi connectivity index (χ0) is 29.9. The molecule has 10 heteroatoms. The number of benzene rings is 2. The molecule has 5 rings (SSSR count). The minimum Gasteiger partial charge on any atom is -0.497 e. The van der Waals surface area contributed by atoms with E-state index >= 15 is 0 Å². The summed E-state index contributed by atoms with van der Waals surface area (Å²) in [7, 11) is 1.60. The van der Waals surface area contributed by atoms with Gasteiger partial charge in [0.25, 0.3) is 0 Å². The van der Waals surface area contributed by atoms with E-state index in [-0.39, 0.29) is 31.5 Å². The van der Waals surface area contributed by atoms with Gasteiger partial charge in [0.15, 0.2) is 0 Å². The fourth-order valence-corrected chi connectivity index (χ4v) is 5.51. The maximum absolute atomic E-state index is 13.7. The molecule has 2 aromatic carbocycles. The highest BCUT2D eigenvalue weighted by atomic mass is 16.5. The lowest BCUT2D eigenvalue weighted by Gasteiger charge is -2.26. The van der Waals surface area contributed by atoms with Crippen LogP contribution in [0, 0.1) is 5.92 Å². The Morgan fingerprint density at radius 2 is 1.93 bits per heavy atom. The molecule has 2 fully saturated rings. The maximum atomic E-state index is 13.7. The molecule has 0 bridgehead atoms. The smallest absolute Gasteiger partial charge is 0.332 e. The summed E-state index contributed by atoms with van der Waals surface area (Å²) in [6.45, 7) is 8.10. The molecule has 4 unspecified atom stereocenters. The van der Waals surface area contributed by atoms with Crippen molar-refractivity contribution in [2.24, 2.45) is 5.92 Å². The summed E-state index contributed by atoms with van der Waals surface area (Å²) in [5.74, 6) is 0.0909. The highest BCUT2D eigenvalue weighted by Crippen LogP contribution is 2.46. The van der Waals surface area contributed by atoms with E-state index in [4.69, 9.17) is 19.2 Å². The molecule has 10 nitrogen and oxygen atoms in total. The second kappa shape index (κ2) is 12.1. The zero-order valence-electron chi connectivity index (χ0n) is 24.1. The van der Waals surface area contributed by atoms with Gasteiger partial charge in [-0.1, -0.05) is 36.4 Å². The van der Waals surface area contributed by atoms with Crippen molar-refractivity contribution in [2.45, 2.75) is 44.4 Å². The minimum absolute atomic E-state index is 0.182. The number of rotatable bonds is 10. The van der Waals surface area contributed by atoms with E-state index in [1.807, 2.05) is 61.5 Å². The van der Waals surface area contributed by atoms with E-state index in [2.05, 4.69) is 17.2 Å². The largest absolute Gasteiger partial charge is 0.497 e. The molecule has 0 spiro atoms. The third-order valence-corrected chi connectivity index (χ3v) is 7.78. The topological polar surface area (TPSA) is 119 Å². The van der Waals surface area contributed by atoms with Gasteiger partial charge in [-0.25, -0.2) is 14.6 Å². The van der Waals surface area contributed by atoms with Crippen LogP contribution in [0.4, 0.5) is 4.79 Å². The standard InChI is InChI=1S/C32H36N4O6/c1-5-21-18-32(21,30(38)41-7-3)35-29(37)27-16-23(19-36(27)31(39)33-6-2)42-28-17-25(20-11-9-8-10-12-20)34-26-15-22(40-4)13-14-24(26)28/h5,8-15,17,21,23,27H,1,6-7,16,18-19H2,2-4H3,(H,33,39)(H,35,37). The van der Waals surface area contributed by atoms with Gasteiger partial charge in [-0.15, -0.1) is 6.58 Å². The molecule has 4 atom stereocenters. The molecule has 3 aromatic rings. The number of ether oxygens (including phenoxy) is 3. The van der Waals surface area contributed by atoms with Gasteiger partial charge in [0.05, 0.1) is 31.5 Å². The van der Waals surface area contributed by atoms with Crippen molar-refractivity contribution in [1.82, 2.24) is 20.5 Å². The Balaban J connectivity index is 1.44. The number of fused-ring (bicyclic) bond motifs is 1. The second-order valence-corrected chi connectivity index (χ2v) is 10.5. The number of pyridine rings is 1. The van der Waals surface area contributed by atoms with Crippen molar-refractivity contribution in [2.75, 3.05) is 26.8 Å². The van der Waals surface area contributed by atoms with Crippen LogP contribution in [0.5, 0.6) is 11.5 Å². The van der Waals surface area contributed by atoms with Crippen LogP contribution in [-0.2, 0) is 14.3 Å². The molecule has 1 aliphatic carbocycles. The van der Waals surface area contributed by atoms with Crippen molar-refractivity contribution in [3.63, 3.8) is 0 Å². The lowest BCUT2D eigenvalue weighted by molar-refractivity contribution is -0.149. The van der Waals surface area contributed by atoms with Crippen molar-refractivity contribution >= 4 is 28.8 Å². The van der Waals surface area contributed by atoms with Crippen LogP contribution in [0.1, 0.15) is 26.7 Å². The Hall–Kier alpha value is -4.60.